The van der Waals surface area contributed by atoms with E-state index in [9.17, 15) is 0 Å². The van der Waals surface area contributed by atoms with E-state index in [1.807, 2.05) is 6.07 Å². The molecule has 0 atom stereocenters. The largest absolute Gasteiger partial charge is 0.369 e. The molecule has 0 aliphatic carbocycles. The molecule has 2 rings (SSSR count). The van der Waals surface area contributed by atoms with Gasteiger partial charge in [-0.2, -0.15) is 5.26 Å². The first-order chi connectivity index (χ1) is 9.69. The van der Waals surface area contributed by atoms with E-state index < -0.39 is 0 Å². The number of benzene rings is 1. The summed E-state index contributed by atoms with van der Waals surface area (Å²) >= 11 is 0. The predicted octanol–water partition coefficient (Wildman–Crippen LogP) is 3.16. The molecule has 1 aromatic heterocycles. The topological polar surface area (TPSA) is 73.6 Å². The van der Waals surface area contributed by atoms with E-state index in [0.29, 0.717) is 18.8 Å². The minimum absolute atomic E-state index is 0.448. The Morgan fingerprint density at radius 1 is 1.15 bits per heavy atom. The van der Waals surface area contributed by atoms with Crippen molar-refractivity contribution in [3.8, 4) is 6.07 Å². The maximum absolute atomic E-state index is 8.52. The van der Waals surface area contributed by atoms with Crippen LogP contribution in [0.15, 0.2) is 30.6 Å². The number of aromatic nitrogens is 2. The Hall–Kier alpha value is -2.61. The van der Waals surface area contributed by atoms with E-state index in [4.69, 9.17) is 5.26 Å². The number of nitrogens with one attached hydrogen (secondary N) is 2. The van der Waals surface area contributed by atoms with Crippen LogP contribution in [0.2, 0.25) is 0 Å². The highest BCUT2D eigenvalue weighted by atomic mass is 15.1. The first kappa shape index (κ1) is 13.8. The van der Waals surface area contributed by atoms with Crippen molar-refractivity contribution in [2.24, 2.45) is 0 Å². The number of hydrogen-bond acceptors (Lipinski definition) is 5. The molecule has 2 N–H and O–H groups in total. The van der Waals surface area contributed by atoms with Gasteiger partial charge in [0.25, 0.3) is 0 Å². The van der Waals surface area contributed by atoms with Gasteiger partial charge in [0.1, 0.15) is 18.0 Å². The lowest BCUT2D eigenvalue weighted by molar-refractivity contribution is 1.04. The number of hydrogen-bond donors (Lipinski definition) is 2. The Morgan fingerprint density at radius 3 is 2.75 bits per heavy atom. The van der Waals surface area contributed by atoms with Crippen LogP contribution in [0, 0.1) is 25.2 Å². The van der Waals surface area contributed by atoms with Crippen LogP contribution >= 0.6 is 0 Å². The predicted molar refractivity (Wildman–Crippen MR) is 80.0 cm³/mol. The summed E-state index contributed by atoms with van der Waals surface area (Å²) in [5.41, 5.74) is 3.39. The first-order valence-corrected chi connectivity index (χ1v) is 6.46. The second kappa shape index (κ2) is 6.53. The summed E-state index contributed by atoms with van der Waals surface area (Å²) in [6.45, 7) is 4.69. The SMILES string of the molecule is Cc1ccc(C)c(Nc2cc(NCCC#N)ncn2)c1. The highest BCUT2D eigenvalue weighted by molar-refractivity contribution is 5.62. The highest BCUT2D eigenvalue weighted by Crippen LogP contribution is 2.21. The van der Waals surface area contributed by atoms with Crippen LogP contribution in [0.25, 0.3) is 0 Å². The standard InChI is InChI=1S/C15H17N5/c1-11-4-5-12(2)13(8-11)20-15-9-14(18-10-19-15)17-7-3-6-16/h4-5,8-10H,3,7H2,1-2H3,(H2,17,18,19,20). The van der Waals surface area contributed by atoms with Crippen molar-refractivity contribution in [2.45, 2.75) is 20.3 Å². The monoisotopic (exact) mass is 267 g/mol. The summed E-state index contributed by atoms with van der Waals surface area (Å²) in [4.78, 5) is 8.33. The molecular formula is C15H17N5. The lowest BCUT2D eigenvalue weighted by Gasteiger charge is -2.10. The molecule has 102 valence electrons. The average molecular weight is 267 g/mol. The van der Waals surface area contributed by atoms with Crippen molar-refractivity contribution in [3.05, 3.63) is 41.7 Å². The van der Waals surface area contributed by atoms with Gasteiger partial charge in [-0.05, 0) is 31.0 Å². The number of nitrogens with zero attached hydrogens (tertiary/aromatic N) is 3. The van der Waals surface area contributed by atoms with Crippen molar-refractivity contribution < 1.29 is 0 Å². The summed E-state index contributed by atoms with van der Waals surface area (Å²) in [6.07, 6.45) is 1.95. The minimum Gasteiger partial charge on any atom is -0.369 e. The van der Waals surface area contributed by atoms with Gasteiger partial charge in [0, 0.05) is 18.3 Å². The molecule has 0 saturated heterocycles. The Balaban J connectivity index is 2.11. The molecule has 2 aromatic rings. The Labute approximate surface area is 118 Å². The zero-order valence-corrected chi connectivity index (χ0v) is 11.6. The summed E-state index contributed by atoms with van der Waals surface area (Å²) in [5.74, 6) is 1.44. The van der Waals surface area contributed by atoms with Crippen LogP contribution in [0.5, 0.6) is 0 Å². The third kappa shape index (κ3) is 3.69. The van der Waals surface area contributed by atoms with Crippen molar-refractivity contribution in [1.82, 2.24) is 9.97 Å². The van der Waals surface area contributed by atoms with E-state index >= 15 is 0 Å². The van der Waals surface area contributed by atoms with Gasteiger partial charge in [-0.15, -0.1) is 0 Å². The fourth-order valence-corrected chi connectivity index (χ4v) is 1.78. The molecule has 0 aliphatic heterocycles. The normalized spacial score (nSPS) is 9.85. The number of aryl methyl sites for hydroxylation is 2. The molecule has 0 unspecified atom stereocenters. The van der Waals surface area contributed by atoms with Crippen LogP contribution in [-0.4, -0.2) is 16.5 Å². The number of rotatable bonds is 5. The van der Waals surface area contributed by atoms with Crippen molar-refractivity contribution in [3.63, 3.8) is 0 Å². The van der Waals surface area contributed by atoms with Crippen LogP contribution in [0.3, 0.4) is 0 Å². The van der Waals surface area contributed by atoms with Gasteiger partial charge in [-0.1, -0.05) is 12.1 Å². The van der Waals surface area contributed by atoms with E-state index in [-0.39, 0.29) is 0 Å². The average Bonchev–Trinajstić information content (AvgIpc) is 2.44. The Bertz CT molecular complexity index is 630. The van der Waals surface area contributed by atoms with Crippen LogP contribution in [-0.2, 0) is 0 Å². The molecule has 0 aliphatic rings. The molecular weight excluding hydrogens is 250 g/mol. The second-order valence-corrected chi connectivity index (χ2v) is 4.57. The molecule has 0 spiro atoms. The van der Waals surface area contributed by atoms with Crippen molar-refractivity contribution in [1.29, 1.82) is 5.26 Å². The van der Waals surface area contributed by atoms with Crippen LogP contribution < -0.4 is 10.6 Å². The zero-order valence-electron chi connectivity index (χ0n) is 11.6. The van der Waals surface area contributed by atoms with E-state index in [1.165, 1.54) is 11.9 Å². The Kier molecular flexibility index (Phi) is 4.51. The third-order valence-electron chi connectivity index (χ3n) is 2.87. The second-order valence-electron chi connectivity index (χ2n) is 4.57. The third-order valence-corrected chi connectivity index (χ3v) is 2.87. The van der Waals surface area contributed by atoms with Crippen LogP contribution in [0.4, 0.5) is 17.3 Å². The van der Waals surface area contributed by atoms with Crippen LogP contribution in [0.1, 0.15) is 17.5 Å². The molecule has 0 fully saturated rings. The minimum atomic E-state index is 0.448. The van der Waals surface area contributed by atoms with Gasteiger partial charge in [0.2, 0.25) is 0 Å². The summed E-state index contributed by atoms with van der Waals surface area (Å²) in [6, 6.07) is 10.2. The van der Waals surface area contributed by atoms with E-state index in [2.05, 4.69) is 58.7 Å². The van der Waals surface area contributed by atoms with E-state index in [1.54, 1.807) is 0 Å². The van der Waals surface area contributed by atoms with Gasteiger partial charge in [0.15, 0.2) is 0 Å². The quantitative estimate of drug-likeness (QED) is 0.814. The summed E-state index contributed by atoms with van der Waals surface area (Å²) in [7, 11) is 0. The summed E-state index contributed by atoms with van der Waals surface area (Å²) in [5, 5.41) is 14.9. The molecule has 1 heterocycles. The zero-order chi connectivity index (χ0) is 14.4. The van der Waals surface area contributed by atoms with Gasteiger partial charge in [-0.25, -0.2) is 9.97 Å². The molecule has 0 amide bonds. The van der Waals surface area contributed by atoms with Gasteiger partial charge >= 0.3 is 0 Å². The molecule has 0 saturated carbocycles. The maximum atomic E-state index is 8.52. The highest BCUT2D eigenvalue weighted by Gasteiger charge is 2.02. The number of nitriles is 1. The summed E-state index contributed by atoms with van der Waals surface area (Å²) < 4.78 is 0. The molecule has 0 radical (unpaired) electrons. The smallest absolute Gasteiger partial charge is 0.135 e. The molecule has 0 bridgehead atoms. The molecule has 5 heteroatoms. The lowest BCUT2D eigenvalue weighted by Crippen LogP contribution is -2.04. The molecule has 5 nitrogen and oxygen atoms in total. The van der Waals surface area contributed by atoms with Gasteiger partial charge in [0.05, 0.1) is 12.5 Å². The molecule has 20 heavy (non-hydrogen) atoms. The maximum Gasteiger partial charge on any atom is 0.135 e. The number of anilines is 3. The fraction of sp³-hybridized carbons (Fsp3) is 0.267. The molecule has 1 aromatic carbocycles. The van der Waals surface area contributed by atoms with Gasteiger partial charge in [-0.3, -0.25) is 0 Å². The van der Waals surface area contributed by atoms with E-state index in [0.717, 1.165) is 17.1 Å². The van der Waals surface area contributed by atoms with Crippen molar-refractivity contribution >= 4 is 17.3 Å². The fourth-order valence-electron chi connectivity index (χ4n) is 1.78. The van der Waals surface area contributed by atoms with Crippen molar-refractivity contribution in [2.75, 3.05) is 17.2 Å². The van der Waals surface area contributed by atoms with Gasteiger partial charge < -0.3 is 10.6 Å². The Morgan fingerprint density at radius 2 is 1.95 bits per heavy atom. The lowest BCUT2D eigenvalue weighted by atomic mass is 10.1. The first-order valence-electron chi connectivity index (χ1n) is 6.46.